The summed E-state index contributed by atoms with van der Waals surface area (Å²) < 4.78 is 10.8. The maximum absolute atomic E-state index is 5.69. The fourth-order valence-corrected chi connectivity index (χ4v) is 2.24. The Morgan fingerprint density at radius 2 is 1.68 bits per heavy atom. The Labute approximate surface area is 166 Å². The SMILES string of the molecule is CN=C(NCCOc1ccc(OC)cc1)NC(C)c1ccccc1.I. The van der Waals surface area contributed by atoms with E-state index in [1.165, 1.54) is 5.56 Å². The molecule has 2 N–H and O–H groups in total. The first-order valence-electron chi connectivity index (χ1n) is 8.02. The van der Waals surface area contributed by atoms with Crippen molar-refractivity contribution >= 4 is 29.9 Å². The number of guanidine groups is 1. The number of hydrogen-bond donors (Lipinski definition) is 2. The minimum atomic E-state index is 0. The predicted octanol–water partition coefficient (Wildman–Crippen LogP) is 3.62. The Bertz CT molecular complexity index is 633. The van der Waals surface area contributed by atoms with Crippen molar-refractivity contribution in [2.24, 2.45) is 4.99 Å². The topological polar surface area (TPSA) is 54.9 Å². The fourth-order valence-electron chi connectivity index (χ4n) is 2.24. The van der Waals surface area contributed by atoms with Gasteiger partial charge in [-0.2, -0.15) is 0 Å². The van der Waals surface area contributed by atoms with Crippen LogP contribution in [0.3, 0.4) is 0 Å². The van der Waals surface area contributed by atoms with Crippen LogP contribution in [0, 0.1) is 0 Å². The van der Waals surface area contributed by atoms with Crippen LogP contribution in [-0.2, 0) is 0 Å². The number of nitrogens with one attached hydrogen (secondary N) is 2. The van der Waals surface area contributed by atoms with E-state index in [-0.39, 0.29) is 30.0 Å². The van der Waals surface area contributed by atoms with Gasteiger partial charge in [-0.25, -0.2) is 0 Å². The molecule has 0 saturated carbocycles. The quantitative estimate of drug-likeness (QED) is 0.290. The Kier molecular flexibility index (Phi) is 9.76. The number of rotatable bonds is 7. The van der Waals surface area contributed by atoms with Crippen LogP contribution in [0.15, 0.2) is 59.6 Å². The van der Waals surface area contributed by atoms with Gasteiger partial charge in [-0.1, -0.05) is 30.3 Å². The summed E-state index contributed by atoms with van der Waals surface area (Å²) in [6, 6.07) is 18.0. The summed E-state index contributed by atoms with van der Waals surface area (Å²) in [5.41, 5.74) is 1.22. The lowest BCUT2D eigenvalue weighted by Gasteiger charge is -2.18. The molecule has 2 aromatic carbocycles. The molecule has 0 spiro atoms. The molecule has 136 valence electrons. The van der Waals surface area contributed by atoms with Gasteiger partial charge in [0.25, 0.3) is 0 Å². The van der Waals surface area contributed by atoms with Gasteiger partial charge < -0.3 is 20.1 Å². The molecule has 1 unspecified atom stereocenters. The Hall–Kier alpha value is -1.96. The minimum absolute atomic E-state index is 0. The summed E-state index contributed by atoms with van der Waals surface area (Å²) in [4.78, 5) is 4.24. The molecule has 0 aliphatic heterocycles. The van der Waals surface area contributed by atoms with E-state index in [0.29, 0.717) is 13.2 Å². The predicted molar refractivity (Wildman–Crippen MR) is 113 cm³/mol. The zero-order chi connectivity index (χ0) is 17.2. The Morgan fingerprint density at radius 3 is 2.28 bits per heavy atom. The number of halogens is 1. The number of aliphatic imine (C=N–C) groups is 1. The first-order chi connectivity index (χ1) is 11.7. The number of methoxy groups -OCH3 is 1. The molecule has 1 atom stereocenters. The summed E-state index contributed by atoms with van der Waals surface area (Å²) in [5, 5.41) is 6.62. The highest BCUT2D eigenvalue weighted by Crippen LogP contribution is 2.16. The maximum atomic E-state index is 5.69. The molecule has 0 saturated heterocycles. The number of benzene rings is 2. The van der Waals surface area contributed by atoms with E-state index in [0.717, 1.165) is 17.5 Å². The maximum Gasteiger partial charge on any atom is 0.191 e. The van der Waals surface area contributed by atoms with Gasteiger partial charge in [0.1, 0.15) is 18.1 Å². The second kappa shape index (κ2) is 11.6. The van der Waals surface area contributed by atoms with E-state index < -0.39 is 0 Å². The zero-order valence-electron chi connectivity index (χ0n) is 14.9. The number of ether oxygens (including phenoxy) is 2. The van der Waals surface area contributed by atoms with Gasteiger partial charge in [0.05, 0.1) is 19.7 Å². The third-order valence-electron chi connectivity index (χ3n) is 3.60. The van der Waals surface area contributed by atoms with Gasteiger partial charge in [-0.3, -0.25) is 4.99 Å². The standard InChI is InChI=1S/C19H25N3O2.HI/c1-15(16-7-5-4-6-8-16)22-19(20-2)21-13-14-24-18-11-9-17(23-3)10-12-18;/h4-12,15H,13-14H2,1-3H3,(H2,20,21,22);1H. The molecule has 0 bridgehead atoms. The molecule has 0 aliphatic carbocycles. The fraction of sp³-hybridized carbons (Fsp3) is 0.316. The zero-order valence-corrected chi connectivity index (χ0v) is 17.2. The van der Waals surface area contributed by atoms with Crippen molar-refractivity contribution in [1.82, 2.24) is 10.6 Å². The molecule has 25 heavy (non-hydrogen) atoms. The normalized spacial score (nSPS) is 11.9. The summed E-state index contributed by atoms with van der Waals surface area (Å²) >= 11 is 0. The average molecular weight is 455 g/mol. The molecule has 2 aromatic rings. The summed E-state index contributed by atoms with van der Waals surface area (Å²) in [6.07, 6.45) is 0. The molecule has 6 heteroatoms. The van der Waals surface area contributed by atoms with Crippen molar-refractivity contribution < 1.29 is 9.47 Å². The van der Waals surface area contributed by atoms with Crippen molar-refractivity contribution in [2.45, 2.75) is 13.0 Å². The molecular formula is C19H26IN3O2. The lowest BCUT2D eigenvalue weighted by Crippen LogP contribution is -2.40. The van der Waals surface area contributed by atoms with Crippen LogP contribution in [0.1, 0.15) is 18.5 Å². The molecular weight excluding hydrogens is 429 g/mol. The minimum Gasteiger partial charge on any atom is -0.497 e. The number of nitrogens with zero attached hydrogens (tertiary/aromatic N) is 1. The highest BCUT2D eigenvalue weighted by Gasteiger charge is 2.06. The van der Waals surface area contributed by atoms with E-state index in [2.05, 4.69) is 34.7 Å². The van der Waals surface area contributed by atoms with Gasteiger partial charge in [0.2, 0.25) is 0 Å². The third-order valence-corrected chi connectivity index (χ3v) is 3.60. The molecule has 5 nitrogen and oxygen atoms in total. The second-order valence-electron chi connectivity index (χ2n) is 5.30. The van der Waals surface area contributed by atoms with Gasteiger partial charge in [-0.15, -0.1) is 24.0 Å². The van der Waals surface area contributed by atoms with Crippen molar-refractivity contribution in [3.63, 3.8) is 0 Å². The van der Waals surface area contributed by atoms with Gasteiger partial charge in [-0.05, 0) is 36.8 Å². The molecule has 0 heterocycles. The van der Waals surface area contributed by atoms with Crippen LogP contribution in [0.4, 0.5) is 0 Å². The Morgan fingerprint density at radius 1 is 1.04 bits per heavy atom. The smallest absolute Gasteiger partial charge is 0.191 e. The van der Waals surface area contributed by atoms with Gasteiger partial charge in [0, 0.05) is 7.05 Å². The number of hydrogen-bond acceptors (Lipinski definition) is 3. The first kappa shape index (κ1) is 21.1. The monoisotopic (exact) mass is 455 g/mol. The molecule has 2 rings (SSSR count). The highest BCUT2D eigenvalue weighted by atomic mass is 127. The van der Waals surface area contributed by atoms with Crippen LogP contribution in [0.5, 0.6) is 11.5 Å². The molecule has 0 aliphatic rings. The van der Waals surface area contributed by atoms with Crippen LogP contribution in [0.2, 0.25) is 0 Å². The lowest BCUT2D eigenvalue weighted by molar-refractivity contribution is 0.321. The highest BCUT2D eigenvalue weighted by molar-refractivity contribution is 14.0. The lowest BCUT2D eigenvalue weighted by atomic mass is 10.1. The van der Waals surface area contributed by atoms with E-state index in [1.807, 2.05) is 42.5 Å². The molecule has 0 amide bonds. The van der Waals surface area contributed by atoms with E-state index >= 15 is 0 Å². The van der Waals surface area contributed by atoms with E-state index in [9.17, 15) is 0 Å². The van der Waals surface area contributed by atoms with Crippen LogP contribution in [-0.4, -0.2) is 33.3 Å². The molecule has 0 radical (unpaired) electrons. The van der Waals surface area contributed by atoms with Gasteiger partial charge in [0.15, 0.2) is 5.96 Å². The van der Waals surface area contributed by atoms with E-state index in [1.54, 1.807) is 14.2 Å². The van der Waals surface area contributed by atoms with Crippen LogP contribution in [0.25, 0.3) is 0 Å². The van der Waals surface area contributed by atoms with Crippen molar-refractivity contribution in [2.75, 3.05) is 27.3 Å². The summed E-state index contributed by atoms with van der Waals surface area (Å²) in [6.45, 7) is 3.32. The average Bonchev–Trinajstić information content (AvgIpc) is 2.65. The van der Waals surface area contributed by atoms with Gasteiger partial charge >= 0.3 is 0 Å². The Balaban J connectivity index is 0.00000312. The van der Waals surface area contributed by atoms with E-state index in [4.69, 9.17) is 9.47 Å². The summed E-state index contributed by atoms with van der Waals surface area (Å²) in [7, 11) is 3.41. The van der Waals surface area contributed by atoms with Crippen LogP contribution >= 0.6 is 24.0 Å². The molecule has 0 aromatic heterocycles. The van der Waals surface area contributed by atoms with Crippen molar-refractivity contribution in [3.8, 4) is 11.5 Å². The van der Waals surface area contributed by atoms with Crippen LogP contribution < -0.4 is 20.1 Å². The molecule has 0 fully saturated rings. The second-order valence-corrected chi connectivity index (χ2v) is 5.30. The summed E-state index contributed by atoms with van der Waals surface area (Å²) in [5.74, 6) is 2.39. The van der Waals surface area contributed by atoms with Crippen molar-refractivity contribution in [3.05, 3.63) is 60.2 Å². The largest absolute Gasteiger partial charge is 0.497 e. The first-order valence-corrected chi connectivity index (χ1v) is 8.02. The third kappa shape index (κ3) is 7.21. The van der Waals surface area contributed by atoms with Crippen molar-refractivity contribution in [1.29, 1.82) is 0 Å².